The summed E-state index contributed by atoms with van der Waals surface area (Å²) < 4.78 is 6.61. The lowest BCUT2D eigenvalue weighted by Crippen LogP contribution is -2.44. The van der Waals surface area contributed by atoms with Gasteiger partial charge in [0.1, 0.15) is 12.9 Å². The lowest BCUT2D eigenvalue weighted by molar-refractivity contribution is -0.123. The third-order valence-corrected chi connectivity index (χ3v) is 2.50. The highest BCUT2D eigenvalue weighted by atomic mass is 16.5. The summed E-state index contributed by atoms with van der Waals surface area (Å²) in [5.41, 5.74) is 0. The van der Waals surface area contributed by atoms with E-state index in [2.05, 4.69) is 26.2 Å². The van der Waals surface area contributed by atoms with Crippen molar-refractivity contribution in [3.63, 3.8) is 0 Å². The number of hydrogen-bond acceptors (Lipinski definition) is 6. The van der Waals surface area contributed by atoms with E-state index < -0.39 is 0 Å². The van der Waals surface area contributed by atoms with E-state index in [-0.39, 0.29) is 24.6 Å². The molecule has 2 unspecified atom stereocenters. The Bertz CT molecular complexity index is 340. The van der Waals surface area contributed by atoms with Crippen molar-refractivity contribution in [2.75, 3.05) is 20.2 Å². The fraction of sp³-hybridized carbons (Fsp3) is 0.750. The van der Waals surface area contributed by atoms with E-state index in [0.29, 0.717) is 0 Å². The third kappa shape index (κ3) is 2.52. The molecule has 2 N–H and O–H groups in total. The first-order valence-corrected chi connectivity index (χ1v) is 5.03. The van der Waals surface area contributed by atoms with Crippen molar-refractivity contribution in [1.29, 1.82) is 0 Å². The van der Waals surface area contributed by atoms with Crippen molar-refractivity contribution < 1.29 is 9.53 Å². The molecule has 1 aromatic heterocycles. The monoisotopic (exact) mass is 226 g/mol. The van der Waals surface area contributed by atoms with Crippen LogP contribution in [-0.2, 0) is 16.1 Å². The standard InChI is InChI=1S/C8H14N6O2/c1-16-7-3-9-2-6(7)11-8(15)4-14-5-10-12-13-14/h5-7,9H,2-4H2,1H3,(H,11,15). The summed E-state index contributed by atoms with van der Waals surface area (Å²) in [6.07, 6.45) is 1.43. The fourth-order valence-electron chi connectivity index (χ4n) is 1.70. The van der Waals surface area contributed by atoms with Crippen molar-refractivity contribution >= 4 is 5.91 Å². The quantitative estimate of drug-likeness (QED) is 0.604. The molecule has 2 rings (SSSR count). The van der Waals surface area contributed by atoms with Crippen LogP contribution in [0, 0.1) is 0 Å². The van der Waals surface area contributed by atoms with Gasteiger partial charge in [-0.3, -0.25) is 4.79 Å². The van der Waals surface area contributed by atoms with Crippen molar-refractivity contribution in [3.8, 4) is 0 Å². The van der Waals surface area contributed by atoms with E-state index in [1.165, 1.54) is 11.0 Å². The van der Waals surface area contributed by atoms with Crippen LogP contribution in [0.1, 0.15) is 0 Å². The highest BCUT2D eigenvalue weighted by molar-refractivity contribution is 5.76. The third-order valence-electron chi connectivity index (χ3n) is 2.50. The maximum absolute atomic E-state index is 11.6. The molecule has 0 spiro atoms. The van der Waals surface area contributed by atoms with Gasteiger partial charge in [0.05, 0.1) is 12.1 Å². The van der Waals surface area contributed by atoms with Crippen molar-refractivity contribution in [1.82, 2.24) is 30.8 Å². The van der Waals surface area contributed by atoms with E-state index in [1.54, 1.807) is 7.11 Å². The molecule has 0 aliphatic carbocycles. The second-order valence-corrected chi connectivity index (χ2v) is 3.61. The molecular weight excluding hydrogens is 212 g/mol. The molecule has 2 heterocycles. The number of carbonyl (C=O) groups excluding carboxylic acids is 1. The Morgan fingerprint density at radius 3 is 3.25 bits per heavy atom. The van der Waals surface area contributed by atoms with Gasteiger partial charge >= 0.3 is 0 Å². The highest BCUT2D eigenvalue weighted by Gasteiger charge is 2.28. The van der Waals surface area contributed by atoms with Gasteiger partial charge in [0.2, 0.25) is 5.91 Å². The molecule has 0 aromatic carbocycles. The fourth-order valence-corrected chi connectivity index (χ4v) is 1.70. The maximum Gasteiger partial charge on any atom is 0.242 e. The molecule has 1 fully saturated rings. The minimum Gasteiger partial charge on any atom is -0.378 e. The molecule has 1 aliphatic heterocycles. The second-order valence-electron chi connectivity index (χ2n) is 3.61. The predicted molar refractivity (Wildman–Crippen MR) is 53.4 cm³/mol. The Balaban J connectivity index is 1.83. The average molecular weight is 226 g/mol. The van der Waals surface area contributed by atoms with Crippen LogP contribution in [0.5, 0.6) is 0 Å². The van der Waals surface area contributed by atoms with Crippen LogP contribution in [0.25, 0.3) is 0 Å². The summed E-state index contributed by atoms with van der Waals surface area (Å²) in [6, 6.07) is 0.00832. The number of amides is 1. The number of methoxy groups -OCH3 is 1. The van der Waals surface area contributed by atoms with Crippen molar-refractivity contribution in [3.05, 3.63) is 6.33 Å². The number of nitrogens with one attached hydrogen (secondary N) is 2. The van der Waals surface area contributed by atoms with Crippen LogP contribution in [0.15, 0.2) is 6.33 Å². The van der Waals surface area contributed by atoms with Crippen LogP contribution < -0.4 is 10.6 Å². The first-order chi connectivity index (χ1) is 7.79. The van der Waals surface area contributed by atoms with Crippen molar-refractivity contribution in [2.45, 2.75) is 18.7 Å². The largest absolute Gasteiger partial charge is 0.378 e. The first-order valence-electron chi connectivity index (χ1n) is 5.03. The van der Waals surface area contributed by atoms with Gasteiger partial charge in [-0.25, -0.2) is 4.68 Å². The topological polar surface area (TPSA) is 94.0 Å². The molecule has 1 aliphatic rings. The van der Waals surface area contributed by atoms with Crippen LogP contribution in [0.4, 0.5) is 0 Å². The number of rotatable bonds is 4. The van der Waals surface area contributed by atoms with Gasteiger partial charge in [-0.05, 0) is 10.4 Å². The van der Waals surface area contributed by atoms with E-state index in [4.69, 9.17) is 4.74 Å². The Morgan fingerprint density at radius 2 is 2.56 bits per heavy atom. The van der Waals surface area contributed by atoms with Crippen LogP contribution in [0.3, 0.4) is 0 Å². The molecule has 8 heteroatoms. The summed E-state index contributed by atoms with van der Waals surface area (Å²) in [4.78, 5) is 11.6. The molecule has 0 bridgehead atoms. The Hall–Kier alpha value is -1.54. The number of nitrogens with zero attached hydrogens (tertiary/aromatic N) is 4. The van der Waals surface area contributed by atoms with E-state index >= 15 is 0 Å². The summed E-state index contributed by atoms with van der Waals surface area (Å²) >= 11 is 0. The summed E-state index contributed by atoms with van der Waals surface area (Å²) in [6.45, 7) is 1.60. The summed E-state index contributed by atoms with van der Waals surface area (Å²) in [5.74, 6) is -0.122. The molecule has 1 amide bonds. The maximum atomic E-state index is 11.6. The molecule has 88 valence electrons. The molecule has 2 atom stereocenters. The molecule has 8 nitrogen and oxygen atoms in total. The Labute approximate surface area is 92.3 Å². The molecular formula is C8H14N6O2. The highest BCUT2D eigenvalue weighted by Crippen LogP contribution is 2.03. The number of ether oxygens (including phenoxy) is 1. The van der Waals surface area contributed by atoms with E-state index in [9.17, 15) is 4.79 Å². The number of carbonyl (C=O) groups is 1. The van der Waals surface area contributed by atoms with Gasteiger partial charge < -0.3 is 15.4 Å². The van der Waals surface area contributed by atoms with Gasteiger partial charge in [-0.1, -0.05) is 0 Å². The van der Waals surface area contributed by atoms with E-state index in [0.717, 1.165) is 13.1 Å². The summed E-state index contributed by atoms with van der Waals surface area (Å²) in [7, 11) is 1.64. The molecule has 16 heavy (non-hydrogen) atoms. The van der Waals surface area contributed by atoms with Crippen LogP contribution >= 0.6 is 0 Å². The SMILES string of the molecule is COC1CNCC1NC(=O)Cn1cnnn1. The van der Waals surface area contributed by atoms with Crippen molar-refractivity contribution in [2.24, 2.45) is 0 Å². The molecule has 1 aromatic rings. The number of hydrogen-bond donors (Lipinski definition) is 2. The number of tetrazole rings is 1. The molecule has 0 saturated carbocycles. The Morgan fingerprint density at radius 1 is 1.69 bits per heavy atom. The van der Waals surface area contributed by atoms with Crippen LogP contribution in [0.2, 0.25) is 0 Å². The smallest absolute Gasteiger partial charge is 0.242 e. The van der Waals surface area contributed by atoms with Gasteiger partial charge in [0.25, 0.3) is 0 Å². The average Bonchev–Trinajstić information content (AvgIpc) is 2.88. The van der Waals surface area contributed by atoms with E-state index in [1.807, 2.05) is 0 Å². The Kier molecular flexibility index (Phi) is 3.42. The van der Waals surface area contributed by atoms with Gasteiger partial charge in [-0.15, -0.1) is 5.10 Å². The molecule has 0 radical (unpaired) electrons. The minimum absolute atomic E-state index is 0.00832. The van der Waals surface area contributed by atoms with Gasteiger partial charge in [0.15, 0.2) is 0 Å². The van der Waals surface area contributed by atoms with Crippen LogP contribution in [-0.4, -0.2) is 58.5 Å². The van der Waals surface area contributed by atoms with Gasteiger partial charge in [-0.2, -0.15) is 0 Å². The lowest BCUT2D eigenvalue weighted by atomic mass is 10.2. The lowest BCUT2D eigenvalue weighted by Gasteiger charge is -2.18. The second kappa shape index (κ2) is 4.99. The number of aromatic nitrogens is 4. The zero-order valence-corrected chi connectivity index (χ0v) is 8.96. The zero-order chi connectivity index (χ0) is 11.4. The predicted octanol–water partition coefficient (Wildman–Crippen LogP) is -2.22. The summed E-state index contributed by atoms with van der Waals surface area (Å²) in [5, 5.41) is 16.6. The first kappa shape index (κ1) is 11.0. The minimum atomic E-state index is -0.122. The normalized spacial score (nSPS) is 24.6. The zero-order valence-electron chi connectivity index (χ0n) is 8.96. The molecule has 1 saturated heterocycles. The van der Waals surface area contributed by atoms with Gasteiger partial charge in [0, 0.05) is 20.2 Å².